The highest BCUT2D eigenvalue weighted by Crippen LogP contribution is 2.24. The number of urea groups is 1. The number of hydrogen-bond acceptors (Lipinski definition) is 3. The zero-order valence-corrected chi connectivity index (χ0v) is 9.39. The highest BCUT2D eigenvalue weighted by Gasteiger charge is 2.27. The van der Waals surface area contributed by atoms with E-state index in [0.29, 0.717) is 12.5 Å². The standard InChI is InChI=1S/C11H16N4O.H2/c1-2-13-11(16)15-6-3-9(8-15)10-7-12-4-5-14-10;/h4-5,7,9H,2-3,6,8H2,1H3,(H,13,16);1H. The Kier molecular flexibility index (Phi) is 3.34. The number of likely N-dealkylation sites (tertiary alicyclic amines) is 1. The maximum Gasteiger partial charge on any atom is 0.317 e. The van der Waals surface area contributed by atoms with Crippen LogP contribution in [-0.2, 0) is 0 Å². The minimum atomic E-state index is 0. The van der Waals surface area contributed by atoms with Crippen molar-refractivity contribution in [2.24, 2.45) is 0 Å². The molecule has 5 nitrogen and oxygen atoms in total. The van der Waals surface area contributed by atoms with E-state index < -0.39 is 0 Å². The van der Waals surface area contributed by atoms with Crippen molar-refractivity contribution in [2.75, 3.05) is 19.6 Å². The van der Waals surface area contributed by atoms with E-state index in [0.717, 1.165) is 25.2 Å². The predicted molar refractivity (Wildman–Crippen MR) is 62.1 cm³/mol. The molecule has 0 aliphatic carbocycles. The number of amides is 2. The number of carbonyl (C=O) groups is 1. The van der Waals surface area contributed by atoms with Gasteiger partial charge in [0.15, 0.2) is 0 Å². The fourth-order valence-corrected chi connectivity index (χ4v) is 1.97. The average molecular weight is 222 g/mol. The summed E-state index contributed by atoms with van der Waals surface area (Å²) in [6.45, 7) is 4.14. The van der Waals surface area contributed by atoms with Gasteiger partial charge in [-0.2, -0.15) is 0 Å². The van der Waals surface area contributed by atoms with Crippen LogP contribution in [0.1, 0.15) is 26.4 Å². The van der Waals surface area contributed by atoms with Crippen LogP contribution in [0.15, 0.2) is 18.6 Å². The number of nitrogens with zero attached hydrogens (tertiary/aromatic N) is 3. The maximum atomic E-state index is 11.6. The normalized spacial score (nSPS) is 19.8. The van der Waals surface area contributed by atoms with Gasteiger partial charge in [0.25, 0.3) is 0 Å². The van der Waals surface area contributed by atoms with Gasteiger partial charge in [-0.25, -0.2) is 4.79 Å². The van der Waals surface area contributed by atoms with Crippen LogP contribution in [0.3, 0.4) is 0 Å². The number of hydrogen-bond donors (Lipinski definition) is 1. The monoisotopic (exact) mass is 222 g/mol. The first-order chi connectivity index (χ1) is 7.81. The van der Waals surface area contributed by atoms with Crippen LogP contribution < -0.4 is 5.32 Å². The average Bonchev–Trinajstić information content (AvgIpc) is 2.80. The van der Waals surface area contributed by atoms with Gasteiger partial charge < -0.3 is 10.2 Å². The fourth-order valence-electron chi connectivity index (χ4n) is 1.97. The van der Waals surface area contributed by atoms with E-state index in [1.807, 2.05) is 11.8 Å². The van der Waals surface area contributed by atoms with Crippen molar-refractivity contribution in [3.63, 3.8) is 0 Å². The Morgan fingerprint density at radius 1 is 1.69 bits per heavy atom. The van der Waals surface area contributed by atoms with Crippen molar-refractivity contribution in [1.29, 1.82) is 0 Å². The van der Waals surface area contributed by atoms with E-state index in [4.69, 9.17) is 0 Å². The van der Waals surface area contributed by atoms with Gasteiger partial charge in [0.1, 0.15) is 0 Å². The highest BCUT2D eigenvalue weighted by atomic mass is 16.2. The molecule has 1 N–H and O–H groups in total. The lowest BCUT2D eigenvalue weighted by Crippen LogP contribution is -2.38. The van der Waals surface area contributed by atoms with Gasteiger partial charge in [0, 0.05) is 45.6 Å². The molecule has 1 unspecified atom stereocenters. The molecule has 0 aromatic carbocycles. The molecule has 2 rings (SSSR count). The lowest BCUT2D eigenvalue weighted by atomic mass is 10.1. The van der Waals surface area contributed by atoms with E-state index in [-0.39, 0.29) is 7.46 Å². The third-order valence-electron chi connectivity index (χ3n) is 2.80. The van der Waals surface area contributed by atoms with Crippen LogP contribution in [0.5, 0.6) is 0 Å². The quantitative estimate of drug-likeness (QED) is 0.819. The molecule has 1 fully saturated rings. The topological polar surface area (TPSA) is 58.1 Å². The minimum absolute atomic E-state index is 0. The Bertz CT molecular complexity index is 360. The third-order valence-corrected chi connectivity index (χ3v) is 2.80. The summed E-state index contributed by atoms with van der Waals surface area (Å²) >= 11 is 0. The summed E-state index contributed by atoms with van der Waals surface area (Å²) in [6.07, 6.45) is 6.12. The Balaban J connectivity index is 0.00000144. The molecule has 1 atom stereocenters. The second kappa shape index (κ2) is 4.92. The second-order valence-electron chi connectivity index (χ2n) is 3.90. The van der Waals surface area contributed by atoms with Crippen molar-refractivity contribution in [3.05, 3.63) is 24.3 Å². The summed E-state index contributed by atoms with van der Waals surface area (Å²) in [5.74, 6) is 0.330. The SMILES string of the molecule is CCNC(=O)N1CCC(c2cnccn2)C1.[HH]. The molecule has 0 saturated carbocycles. The Morgan fingerprint density at radius 3 is 3.25 bits per heavy atom. The molecule has 88 valence electrons. The zero-order chi connectivity index (χ0) is 11.4. The van der Waals surface area contributed by atoms with Crippen molar-refractivity contribution in [1.82, 2.24) is 20.2 Å². The fraction of sp³-hybridized carbons (Fsp3) is 0.545. The summed E-state index contributed by atoms with van der Waals surface area (Å²) in [5.41, 5.74) is 0.981. The smallest absolute Gasteiger partial charge is 0.317 e. The Labute approximate surface area is 96.4 Å². The lowest BCUT2D eigenvalue weighted by molar-refractivity contribution is 0.209. The van der Waals surface area contributed by atoms with Gasteiger partial charge in [-0.15, -0.1) is 0 Å². The molecule has 1 aliphatic heterocycles. The van der Waals surface area contributed by atoms with E-state index >= 15 is 0 Å². The number of nitrogens with one attached hydrogen (secondary N) is 1. The van der Waals surface area contributed by atoms with Crippen LogP contribution in [0, 0.1) is 0 Å². The first-order valence-electron chi connectivity index (χ1n) is 5.60. The van der Waals surface area contributed by atoms with Gasteiger partial charge >= 0.3 is 6.03 Å². The summed E-state index contributed by atoms with van der Waals surface area (Å²) in [5, 5.41) is 2.81. The van der Waals surface area contributed by atoms with Crippen molar-refractivity contribution >= 4 is 6.03 Å². The summed E-state index contributed by atoms with van der Waals surface area (Å²) in [6, 6.07) is 0.0221. The van der Waals surface area contributed by atoms with Gasteiger partial charge in [0.2, 0.25) is 0 Å². The van der Waals surface area contributed by atoms with Crippen molar-refractivity contribution < 1.29 is 6.22 Å². The summed E-state index contributed by atoms with van der Waals surface area (Å²) in [7, 11) is 0. The number of carbonyl (C=O) groups excluding carboxylic acids is 1. The van der Waals surface area contributed by atoms with Crippen LogP contribution in [0.4, 0.5) is 4.79 Å². The molecular formula is C11H18N4O. The van der Waals surface area contributed by atoms with Gasteiger partial charge in [-0.1, -0.05) is 0 Å². The van der Waals surface area contributed by atoms with Crippen molar-refractivity contribution in [2.45, 2.75) is 19.3 Å². The maximum absolute atomic E-state index is 11.6. The first kappa shape index (κ1) is 10.9. The largest absolute Gasteiger partial charge is 0.338 e. The molecule has 1 aromatic rings. The molecule has 1 aliphatic rings. The van der Waals surface area contributed by atoms with E-state index in [1.165, 1.54) is 0 Å². The third kappa shape index (κ3) is 2.29. The van der Waals surface area contributed by atoms with Gasteiger partial charge in [-0.05, 0) is 13.3 Å². The number of aromatic nitrogens is 2. The summed E-state index contributed by atoms with van der Waals surface area (Å²) in [4.78, 5) is 21.8. The van der Waals surface area contributed by atoms with Gasteiger partial charge in [0.05, 0.1) is 5.69 Å². The molecule has 0 bridgehead atoms. The molecule has 0 radical (unpaired) electrons. The van der Waals surface area contributed by atoms with E-state index in [1.54, 1.807) is 18.6 Å². The summed E-state index contributed by atoms with van der Waals surface area (Å²) < 4.78 is 0. The molecule has 2 amide bonds. The first-order valence-corrected chi connectivity index (χ1v) is 5.60. The van der Waals surface area contributed by atoms with E-state index in [9.17, 15) is 4.79 Å². The Morgan fingerprint density at radius 2 is 2.56 bits per heavy atom. The van der Waals surface area contributed by atoms with Gasteiger partial charge in [-0.3, -0.25) is 9.97 Å². The number of rotatable bonds is 2. The molecule has 2 heterocycles. The molecule has 0 spiro atoms. The van der Waals surface area contributed by atoms with E-state index in [2.05, 4.69) is 15.3 Å². The lowest BCUT2D eigenvalue weighted by Gasteiger charge is -2.16. The zero-order valence-electron chi connectivity index (χ0n) is 9.39. The van der Waals surface area contributed by atoms with Crippen LogP contribution in [-0.4, -0.2) is 40.5 Å². The van der Waals surface area contributed by atoms with Crippen LogP contribution in [0.25, 0.3) is 0 Å². The molecule has 1 saturated heterocycles. The predicted octanol–water partition coefficient (Wildman–Crippen LogP) is 1.24. The molecule has 16 heavy (non-hydrogen) atoms. The molecule has 5 heteroatoms. The van der Waals surface area contributed by atoms with Crippen molar-refractivity contribution in [3.8, 4) is 0 Å². The Hall–Kier alpha value is -1.65. The highest BCUT2D eigenvalue weighted by molar-refractivity contribution is 5.74. The molecule has 1 aromatic heterocycles. The van der Waals surface area contributed by atoms with Crippen LogP contribution in [0.2, 0.25) is 0 Å². The second-order valence-corrected chi connectivity index (χ2v) is 3.90. The van der Waals surface area contributed by atoms with Crippen LogP contribution >= 0.6 is 0 Å². The molecular weight excluding hydrogens is 204 g/mol. The minimum Gasteiger partial charge on any atom is -0.338 e.